The monoisotopic (exact) mass is 337 g/mol. The van der Waals surface area contributed by atoms with Crippen LogP contribution in [0.3, 0.4) is 0 Å². The summed E-state index contributed by atoms with van der Waals surface area (Å²) in [5.74, 6) is 0.147. The largest absolute Gasteiger partial charge is 0.497 e. The molecular formula is C14H18F3NO3S. The maximum absolute atomic E-state index is 12.8. The molecule has 0 amide bonds. The number of methoxy groups -OCH3 is 1. The van der Waals surface area contributed by atoms with Gasteiger partial charge < -0.3 is 10.1 Å². The van der Waals surface area contributed by atoms with E-state index >= 15 is 0 Å². The molecule has 0 unspecified atom stereocenters. The van der Waals surface area contributed by atoms with Gasteiger partial charge in [0, 0.05) is 30.0 Å². The highest BCUT2D eigenvalue weighted by molar-refractivity contribution is 7.90. The molecule has 8 heteroatoms. The number of halogens is 3. The molecule has 0 aliphatic heterocycles. The second-order valence-corrected chi connectivity index (χ2v) is 8.01. The van der Waals surface area contributed by atoms with Crippen LogP contribution in [0.25, 0.3) is 0 Å². The summed E-state index contributed by atoms with van der Waals surface area (Å²) in [5.41, 5.74) is -0.900. The Kier molecular flexibility index (Phi) is 4.34. The van der Waals surface area contributed by atoms with Crippen molar-refractivity contribution >= 4 is 15.5 Å². The number of nitrogens with one attached hydrogen (secondary N) is 1. The minimum Gasteiger partial charge on any atom is -0.497 e. The number of anilines is 1. The maximum atomic E-state index is 12.8. The topological polar surface area (TPSA) is 55.4 Å². The first-order chi connectivity index (χ1) is 10.0. The molecule has 1 N–H and O–H groups in total. The highest BCUT2D eigenvalue weighted by atomic mass is 32.2. The van der Waals surface area contributed by atoms with E-state index in [0.717, 1.165) is 25.0 Å². The van der Waals surface area contributed by atoms with E-state index in [0.29, 0.717) is 6.54 Å². The molecule has 0 aromatic heterocycles. The van der Waals surface area contributed by atoms with Crippen LogP contribution in [0.4, 0.5) is 18.9 Å². The molecule has 1 fully saturated rings. The van der Waals surface area contributed by atoms with Gasteiger partial charge in [0.25, 0.3) is 0 Å². The van der Waals surface area contributed by atoms with Gasteiger partial charge in [-0.25, -0.2) is 8.42 Å². The quantitative estimate of drug-likeness (QED) is 0.867. The predicted molar refractivity (Wildman–Crippen MR) is 77.9 cm³/mol. The van der Waals surface area contributed by atoms with Gasteiger partial charge in [-0.2, -0.15) is 13.2 Å². The van der Waals surface area contributed by atoms with Crippen LogP contribution in [0.1, 0.15) is 18.4 Å². The van der Waals surface area contributed by atoms with Crippen LogP contribution in [0.15, 0.2) is 18.2 Å². The third-order valence-electron chi connectivity index (χ3n) is 3.66. The number of hydrogen-bond donors (Lipinski definition) is 1. The second-order valence-electron chi connectivity index (χ2n) is 5.87. The van der Waals surface area contributed by atoms with Crippen LogP contribution in [0.5, 0.6) is 5.75 Å². The maximum Gasteiger partial charge on any atom is 0.416 e. The van der Waals surface area contributed by atoms with E-state index in [2.05, 4.69) is 5.32 Å². The molecule has 0 spiro atoms. The lowest BCUT2D eigenvalue weighted by atomic mass is 10.1. The standard InChI is InChI=1S/C14H18F3NO3S/c1-21-12-6-10(14(15,16)17)5-11(7-12)18-8-13(3-4-13)9-22(2,19)20/h5-7,18H,3-4,8-9H2,1-2H3. The first-order valence-corrected chi connectivity index (χ1v) is 8.77. The van der Waals surface area contributed by atoms with Gasteiger partial charge >= 0.3 is 6.18 Å². The molecule has 1 aromatic rings. The number of sulfone groups is 1. The van der Waals surface area contributed by atoms with E-state index < -0.39 is 21.6 Å². The van der Waals surface area contributed by atoms with E-state index in [1.54, 1.807) is 0 Å². The van der Waals surface area contributed by atoms with Crippen molar-refractivity contribution in [2.75, 3.05) is 31.0 Å². The molecule has 1 aliphatic rings. The molecule has 0 bridgehead atoms. The van der Waals surface area contributed by atoms with Crippen molar-refractivity contribution in [3.8, 4) is 5.75 Å². The van der Waals surface area contributed by atoms with Crippen molar-refractivity contribution < 1.29 is 26.3 Å². The Balaban J connectivity index is 2.13. The van der Waals surface area contributed by atoms with Crippen molar-refractivity contribution in [3.05, 3.63) is 23.8 Å². The van der Waals surface area contributed by atoms with Crippen molar-refractivity contribution in [1.82, 2.24) is 0 Å². The van der Waals surface area contributed by atoms with Crippen LogP contribution >= 0.6 is 0 Å². The Bertz CT molecular complexity index is 652. The molecule has 22 heavy (non-hydrogen) atoms. The first kappa shape index (κ1) is 16.9. The van der Waals surface area contributed by atoms with Gasteiger partial charge in [-0.15, -0.1) is 0 Å². The molecule has 0 atom stereocenters. The van der Waals surface area contributed by atoms with Crippen molar-refractivity contribution in [1.29, 1.82) is 0 Å². The zero-order valence-corrected chi connectivity index (χ0v) is 13.1. The second kappa shape index (κ2) is 5.64. The van der Waals surface area contributed by atoms with Crippen LogP contribution in [-0.4, -0.2) is 34.1 Å². The fourth-order valence-electron chi connectivity index (χ4n) is 2.38. The molecule has 1 aliphatic carbocycles. The van der Waals surface area contributed by atoms with E-state index in [9.17, 15) is 21.6 Å². The van der Waals surface area contributed by atoms with Gasteiger partial charge in [-0.1, -0.05) is 0 Å². The van der Waals surface area contributed by atoms with Crippen LogP contribution in [-0.2, 0) is 16.0 Å². The fourth-order valence-corrected chi connectivity index (χ4v) is 3.88. The van der Waals surface area contributed by atoms with Gasteiger partial charge in [-0.05, 0) is 25.0 Å². The Hall–Kier alpha value is -1.44. The highest BCUT2D eigenvalue weighted by Crippen LogP contribution is 2.47. The van der Waals surface area contributed by atoms with E-state index in [1.165, 1.54) is 19.4 Å². The Morgan fingerprint density at radius 2 is 1.91 bits per heavy atom. The molecule has 1 aromatic carbocycles. The van der Waals surface area contributed by atoms with Gasteiger partial charge in [-0.3, -0.25) is 0 Å². The lowest BCUT2D eigenvalue weighted by molar-refractivity contribution is -0.137. The van der Waals surface area contributed by atoms with Gasteiger partial charge in [0.1, 0.15) is 15.6 Å². The predicted octanol–water partition coefficient (Wildman–Crippen LogP) is 2.95. The number of alkyl halides is 3. The summed E-state index contributed by atoms with van der Waals surface area (Å²) in [5, 5.41) is 2.91. The zero-order valence-electron chi connectivity index (χ0n) is 12.3. The zero-order chi connectivity index (χ0) is 16.6. The summed E-state index contributed by atoms with van der Waals surface area (Å²) in [6.45, 7) is 0.324. The molecule has 0 saturated heterocycles. The number of hydrogen-bond acceptors (Lipinski definition) is 4. The number of ether oxygens (including phenoxy) is 1. The number of rotatable bonds is 6. The molecule has 1 saturated carbocycles. The summed E-state index contributed by atoms with van der Waals surface area (Å²) in [4.78, 5) is 0. The van der Waals surface area contributed by atoms with Gasteiger partial charge in [0.05, 0.1) is 18.4 Å². The summed E-state index contributed by atoms with van der Waals surface area (Å²) in [7, 11) is -1.82. The molecule has 0 radical (unpaired) electrons. The summed E-state index contributed by atoms with van der Waals surface area (Å²) in [6, 6.07) is 3.39. The van der Waals surface area contributed by atoms with Crippen LogP contribution in [0.2, 0.25) is 0 Å². The van der Waals surface area contributed by atoms with Crippen LogP contribution in [0, 0.1) is 5.41 Å². The van der Waals surface area contributed by atoms with Crippen LogP contribution < -0.4 is 10.1 Å². The molecule has 0 heterocycles. The third-order valence-corrected chi connectivity index (χ3v) is 4.80. The average molecular weight is 337 g/mol. The van der Waals surface area contributed by atoms with Gasteiger partial charge in [0.15, 0.2) is 0 Å². The van der Waals surface area contributed by atoms with E-state index in [4.69, 9.17) is 4.74 Å². The molecule has 2 rings (SSSR count). The lowest BCUT2D eigenvalue weighted by Gasteiger charge is -2.17. The SMILES string of the molecule is COc1cc(NCC2(CS(C)(=O)=O)CC2)cc(C(F)(F)F)c1. The fraction of sp³-hybridized carbons (Fsp3) is 0.571. The van der Waals surface area contributed by atoms with Gasteiger partial charge in [0.2, 0.25) is 0 Å². The minimum absolute atomic E-state index is 0.0447. The normalized spacial score (nSPS) is 17.1. The van der Waals surface area contributed by atoms with E-state index in [-0.39, 0.29) is 22.6 Å². The van der Waals surface area contributed by atoms with E-state index in [1.807, 2.05) is 0 Å². The van der Waals surface area contributed by atoms with Crippen molar-refractivity contribution in [2.45, 2.75) is 19.0 Å². The molecule has 4 nitrogen and oxygen atoms in total. The molecule has 124 valence electrons. The number of benzene rings is 1. The smallest absolute Gasteiger partial charge is 0.416 e. The Labute approximate surface area is 127 Å². The molecular weight excluding hydrogens is 319 g/mol. The summed E-state index contributed by atoms with van der Waals surface area (Å²) in [6.07, 6.45) is -1.79. The average Bonchev–Trinajstić information content (AvgIpc) is 3.13. The Morgan fingerprint density at radius 1 is 1.27 bits per heavy atom. The van der Waals surface area contributed by atoms with Crippen molar-refractivity contribution in [3.63, 3.8) is 0 Å². The Morgan fingerprint density at radius 3 is 2.36 bits per heavy atom. The first-order valence-electron chi connectivity index (χ1n) is 6.71. The lowest BCUT2D eigenvalue weighted by Crippen LogP contribution is -2.24. The third kappa shape index (κ3) is 4.53. The summed E-state index contributed by atoms with van der Waals surface area (Å²) < 4.78 is 66.2. The van der Waals surface area contributed by atoms with Crippen molar-refractivity contribution in [2.24, 2.45) is 5.41 Å². The minimum atomic E-state index is -4.46. The highest BCUT2D eigenvalue weighted by Gasteiger charge is 2.45. The summed E-state index contributed by atoms with van der Waals surface area (Å²) >= 11 is 0.